The van der Waals surface area contributed by atoms with Gasteiger partial charge in [0.1, 0.15) is 11.9 Å². The van der Waals surface area contributed by atoms with Crippen molar-refractivity contribution in [2.24, 2.45) is 5.92 Å². The lowest BCUT2D eigenvalue weighted by Gasteiger charge is -2.42. The molecule has 6 rings (SSSR count). The third-order valence-corrected chi connectivity index (χ3v) is 12.3. The van der Waals surface area contributed by atoms with Crippen LogP contribution in [0.1, 0.15) is 54.7 Å². The highest BCUT2D eigenvalue weighted by atomic mass is 32.2. The van der Waals surface area contributed by atoms with E-state index >= 15 is 4.39 Å². The monoisotopic (exact) mass is 692 g/mol. The Kier molecular flexibility index (Phi) is 10.7. The number of sulfonamides is 1. The van der Waals surface area contributed by atoms with Gasteiger partial charge in [-0.3, -0.25) is 4.79 Å². The molecule has 2 saturated heterocycles. The minimum absolute atomic E-state index is 0.0300. The molecule has 10 nitrogen and oxygen atoms in total. The predicted molar refractivity (Wildman–Crippen MR) is 184 cm³/mol. The zero-order valence-electron chi connectivity index (χ0n) is 28.0. The number of nitrogens with one attached hydrogen (secondary N) is 3. The van der Waals surface area contributed by atoms with Gasteiger partial charge in [0.15, 0.2) is 0 Å². The van der Waals surface area contributed by atoms with Gasteiger partial charge in [-0.25, -0.2) is 17.6 Å². The molecule has 2 aliphatic heterocycles. The molecular formula is C37H45FN4O6S. The number of hydrogen-bond acceptors (Lipinski definition) is 7. The van der Waals surface area contributed by atoms with Gasteiger partial charge in [0.05, 0.1) is 12.0 Å². The van der Waals surface area contributed by atoms with E-state index in [4.69, 9.17) is 9.47 Å². The molecular weight excluding hydrogens is 647 g/mol. The zero-order valence-corrected chi connectivity index (χ0v) is 28.8. The summed E-state index contributed by atoms with van der Waals surface area (Å²) in [5.41, 5.74) is 2.02. The number of carbonyl (C=O) groups excluding carboxylic acids is 2. The fourth-order valence-electron chi connectivity index (χ4n) is 7.49. The number of hydrogen-bond donors (Lipinski definition) is 3. The van der Waals surface area contributed by atoms with Crippen molar-refractivity contribution in [3.05, 3.63) is 95.3 Å². The lowest BCUT2D eigenvalue weighted by Crippen LogP contribution is -2.61. The van der Waals surface area contributed by atoms with Crippen LogP contribution in [-0.2, 0) is 30.7 Å². The molecule has 3 atom stereocenters. The Morgan fingerprint density at radius 3 is 2.43 bits per heavy atom. The highest BCUT2D eigenvalue weighted by molar-refractivity contribution is 7.89. The van der Waals surface area contributed by atoms with Crippen LogP contribution in [0.3, 0.4) is 0 Å². The summed E-state index contributed by atoms with van der Waals surface area (Å²) >= 11 is 0. The molecule has 49 heavy (non-hydrogen) atoms. The Bertz CT molecular complexity index is 1730. The van der Waals surface area contributed by atoms with Crippen LogP contribution in [0.5, 0.6) is 0 Å². The van der Waals surface area contributed by atoms with E-state index < -0.39 is 51.4 Å². The molecule has 12 heteroatoms. The molecule has 2 amide bonds. The maximum absolute atomic E-state index is 15.6. The summed E-state index contributed by atoms with van der Waals surface area (Å²) in [6, 6.07) is 19.4. The fraction of sp³-hybridized carbons (Fsp3) is 0.459. The summed E-state index contributed by atoms with van der Waals surface area (Å²) in [5.74, 6) is -1.38. The van der Waals surface area contributed by atoms with E-state index in [-0.39, 0.29) is 28.5 Å². The van der Waals surface area contributed by atoms with Crippen molar-refractivity contribution < 1.29 is 31.9 Å². The summed E-state index contributed by atoms with van der Waals surface area (Å²) in [5, 5.41) is 9.13. The second-order valence-corrected chi connectivity index (χ2v) is 15.2. The topological polar surface area (TPSA) is 126 Å². The van der Waals surface area contributed by atoms with E-state index in [1.807, 2.05) is 31.2 Å². The molecule has 3 aromatic rings. The molecule has 3 N–H and O–H groups in total. The van der Waals surface area contributed by atoms with Crippen molar-refractivity contribution in [3.8, 4) is 0 Å². The average Bonchev–Trinajstić information content (AvgIpc) is 3.87. The zero-order chi connectivity index (χ0) is 34.6. The van der Waals surface area contributed by atoms with Crippen molar-refractivity contribution in [1.82, 2.24) is 14.9 Å². The minimum atomic E-state index is -3.81. The third kappa shape index (κ3) is 7.67. The van der Waals surface area contributed by atoms with Gasteiger partial charge < -0.3 is 25.4 Å². The Hall–Kier alpha value is -3.84. The smallest absolute Gasteiger partial charge is 0.407 e. The standard InChI is InChI=1S/C37H45FN4O6S/c1-25-11-13-26(14-12-25)33(27-17-21-48-22-18-27)34(41-36(44)47-2)35(43)40-32-10-6-9-31(38)30(32)16-15-28-23-39-24-37(19-20-37)42(28)49(45,46)29-7-4-3-5-8-29/h3-14,27-28,33-34,39H,15-24H2,1-2H3,(H,40,43)(H,41,44)/t28-,33-,34-/m0/s1. The van der Waals surface area contributed by atoms with Gasteiger partial charge in [0.2, 0.25) is 15.9 Å². The van der Waals surface area contributed by atoms with Gasteiger partial charge >= 0.3 is 6.09 Å². The molecule has 262 valence electrons. The molecule has 1 aliphatic carbocycles. The number of nitrogens with zero attached hydrogens (tertiary/aromatic N) is 1. The van der Waals surface area contributed by atoms with Crippen LogP contribution >= 0.6 is 0 Å². The Labute approximate surface area is 287 Å². The number of benzene rings is 3. The molecule has 3 aromatic carbocycles. The highest BCUT2D eigenvalue weighted by Crippen LogP contribution is 2.47. The Morgan fingerprint density at radius 2 is 1.76 bits per heavy atom. The third-order valence-electron chi connectivity index (χ3n) is 10.2. The molecule has 3 aliphatic rings. The molecule has 2 heterocycles. The van der Waals surface area contributed by atoms with Crippen molar-refractivity contribution in [2.75, 3.05) is 38.7 Å². The van der Waals surface area contributed by atoms with Crippen LogP contribution in [-0.4, -0.2) is 75.8 Å². The van der Waals surface area contributed by atoms with Crippen LogP contribution in [0.25, 0.3) is 0 Å². The number of anilines is 1. The predicted octanol–water partition coefficient (Wildman–Crippen LogP) is 5.14. The Balaban J connectivity index is 1.27. The number of halogens is 1. The highest BCUT2D eigenvalue weighted by Gasteiger charge is 2.57. The van der Waals surface area contributed by atoms with Crippen molar-refractivity contribution >= 4 is 27.7 Å². The molecule has 1 saturated carbocycles. The van der Waals surface area contributed by atoms with Crippen LogP contribution in [0.4, 0.5) is 14.9 Å². The maximum atomic E-state index is 15.6. The van der Waals surface area contributed by atoms with Crippen molar-refractivity contribution in [2.45, 2.75) is 73.9 Å². The van der Waals surface area contributed by atoms with Crippen LogP contribution in [0.15, 0.2) is 77.7 Å². The van der Waals surface area contributed by atoms with E-state index in [9.17, 15) is 18.0 Å². The first kappa shape index (κ1) is 35.0. The quantitative estimate of drug-likeness (QED) is 0.254. The van der Waals surface area contributed by atoms with Gasteiger partial charge in [-0.2, -0.15) is 4.31 Å². The number of piperazine rings is 1. The van der Waals surface area contributed by atoms with Gasteiger partial charge in [0, 0.05) is 55.1 Å². The van der Waals surface area contributed by atoms with Gasteiger partial charge in [-0.15, -0.1) is 0 Å². The second kappa shape index (κ2) is 15.0. The van der Waals surface area contributed by atoms with Gasteiger partial charge in [0.25, 0.3) is 0 Å². The lowest BCUT2D eigenvalue weighted by atomic mass is 9.76. The number of rotatable bonds is 11. The van der Waals surface area contributed by atoms with E-state index in [0.29, 0.717) is 45.6 Å². The summed E-state index contributed by atoms with van der Waals surface area (Å²) in [4.78, 5) is 27.2. The summed E-state index contributed by atoms with van der Waals surface area (Å²) in [6.45, 7) is 4.07. The molecule has 0 bridgehead atoms. The molecule has 1 spiro atoms. The first-order valence-corrected chi connectivity index (χ1v) is 18.4. The number of methoxy groups -OCH3 is 1. The average molecular weight is 693 g/mol. The number of aryl methyl sites for hydroxylation is 1. The summed E-state index contributed by atoms with van der Waals surface area (Å²) in [6.07, 6.45) is 2.69. The van der Waals surface area contributed by atoms with E-state index in [2.05, 4.69) is 16.0 Å². The fourth-order valence-corrected chi connectivity index (χ4v) is 9.55. The molecule has 3 fully saturated rings. The van der Waals surface area contributed by atoms with Crippen molar-refractivity contribution in [3.63, 3.8) is 0 Å². The summed E-state index contributed by atoms with van der Waals surface area (Å²) in [7, 11) is -2.56. The van der Waals surface area contributed by atoms with E-state index in [0.717, 1.165) is 24.0 Å². The van der Waals surface area contributed by atoms with E-state index in [1.165, 1.54) is 19.2 Å². The van der Waals surface area contributed by atoms with Crippen molar-refractivity contribution in [1.29, 1.82) is 0 Å². The van der Waals surface area contributed by atoms with Crippen LogP contribution in [0.2, 0.25) is 0 Å². The first-order valence-electron chi connectivity index (χ1n) is 17.0. The number of amides is 2. The van der Waals surface area contributed by atoms with Crippen LogP contribution < -0.4 is 16.0 Å². The van der Waals surface area contributed by atoms with E-state index in [1.54, 1.807) is 40.7 Å². The minimum Gasteiger partial charge on any atom is -0.453 e. The second-order valence-electron chi connectivity index (χ2n) is 13.4. The first-order chi connectivity index (χ1) is 23.6. The summed E-state index contributed by atoms with van der Waals surface area (Å²) < 4.78 is 55.8. The maximum Gasteiger partial charge on any atom is 0.407 e. The lowest BCUT2D eigenvalue weighted by molar-refractivity contribution is -0.119. The number of ether oxygens (including phenoxy) is 2. The SMILES string of the molecule is COC(=O)N[C@H](C(=O)Nc1cccc(F)c1CC[C@H]1CNCC2(CC2)N1S(=O)(=O)c1ccccc1)[C@@H](c1ccc(C)cc1)C1CCOCC1. The molecule has 0 aromatic heterocycles. The molecule has 0 radical (unpaired) electrons. The largest absolute Gasteiger partial charge is 0.453 e. The van der Waals surface area contributed by atoms with Gasteiger partial charge in [-0.05, 0) is 81.2 Å². The Morgan fingerprint density at radius 1 is 1.04 bits per heavy atom. The number of alkyl carbamates (subject to hydrolysis) is 1. The van der Waals surface area contributed by atoms with Gasteiger partial charge in [-0.1, -0.05) is 54.1 Å². The van der Waals surface area contributed by atoms with Crippen LogP contribution in [0, 0.1) is 18.7 Å². The normalized spacial score (nSPS) is 20.7. The molecule has 0 unspecified atom stereocenters. The number of carbonyl (C=O) groups is 2.